The second-order valence-corrected chi connectivity index (χ2v) is 7.61. The molecule has 0 radical (unpaired) electrons. The largest absolute Gasteiger partial charge is 0.497 e. The fourth-order valence-corrected chi connectivity index (χ4v) is 4.20. The number of hydrogen-bond donors (Lipinski definition) is 0. The summed E-state index contributed by atoms with van der Waals surface area (Å²) in [7, 11) is -1.91. The lowest BCUT2D eigenvalue weighted by Crippen LogP contribution is -2.22. The van der Waals surface area contributed by atoms with Crippen molar-refractivity contribution in [3.05, 3.63) is 41.2 Å². The maximum Gasteiger partial charge on any atom is 0.357 e. The highest BCUT2D eigenvalue weighted by atomic mass is 31.2. The van der Waals surface area contributed by atoms with Crippen LogP contribution in [0.25, 0.3) is 0 Å². The summed E-state index contributed by atoms with van der Waals surface area (Å²) in [5.74, 6) is -0.601. The number of carbonyl (C=O) groups is 1. The van der Waals surface area contributed by atoms with E-state index in [9.17, 15) is 9.36 Å². The number of rotatable bonds is 7. The van der Waals surface area contributed by atoms with Crippen LogP contribution < -0.4 is 4.74 Å². The number of benzene rings is 1. The van der Waals surface area contributed by atoms with Gasteiger partial charge in [-0.3, -0.25) is 9.36 Å². The van der Waals surface area contributed by atoms with Gasteiger partial charge in [-0.1, -0.05) is 12.6 Å². The van der Waals surface area contributed by atoms with E-state index in [1.165, 1.54) is 0 Å². The lowest BCUT2D eigenvalue weighted by Gasteiger charge is -2.21. The van der Waals surface area contributed by atoms with Gasteiger partial charge in [0.15, 0.2) is 0 Å². The van der Waals surface area contributed by atoms with Gasteiger partial charge in [0.1, 0.15) is 5.75 Å². The van der Waals surface area contributed by atoms with Crippen LogP contribution in [0.2, 0.25) is 0 Å². The Bertz CT molecular complexity index is 659. The molecule has 1 unspecified atom stereocenters. The molecule has 6 nitrogen and oxygen atoms in total. The second kappa shape index (κ2) is 7.97. The predicted molar refractivity (Wildman–Crippen MR) is 90.2 cm³/mol. The molecule has 2 rings (SSSR count). The van der Waals surface area contributed by atoms with E-state index in [-0.39, 0.29) is 31.6 Å². The van der Waals surface area contributed by atoms with Crippen molar-refractivity contribution in [3.63, 3.8) is 0 Å². The summed E-state index contributed by atoms with van der Waals surface area (Å²) in [4.78, 5) is 12.4. The Labute approximate surface area is 142 Å². The van der Waals surface area contributed by atoms with E-state index in [0.29, 0.717) is 5.75 Å². The normalized spacial score (nSPS) is 17.3. The molecule has 0 bridgehead atoms. The predicted octanol–water partition coefficient (Wildman–Crippen LogP) is 3.48. The third-order valence-electron chi connectivity index (χ3n) is 3.72. The molecule has 0 spiro atoms. The second-order valence-electron chi connectivity index (χ2n) is 5.52. The number of aryl methyl sites for hydroxylation is 1. The Morgan fingerprint density at radius 2 is 2.00 bits per heavy atom. The van der Waals surface area contributed by atoms with Gasteiger partial charge in [0.25, 0.3) is 0 Å². The molecule has 1 aliphatic heterocycles. The molecule has 0 saturated carbocycles. The van der Waals surface area contributed by atoms with Crippen LogP contribution in [0, 0.1) is 12.8 Å². The molecule has 1 fully saturated rings. The Balaban J connectivity index is 2.30. The lowest BCUT2D eigenvalue weighted by atomic mass is 9.97. The van der Waals surface area contributed by atoms with Gasteiger partial charge in [-0.2, -0.15) is 0 Å². The summed E-state index contributed by atoms with van der Waals surface area (Å²) < 4.78 is 33.5. The van der Waals surface area contributed by atoms with Crippen LogP contribution in [-0.2, 0) is 29.6 Å². The van der Waals surface area contributed by atoms with E-state index in [1.54, 1.807) is 14.0 Å². The van der Waals surface area contributed by atoms with Crippen LogP contribution >= 0.6 is 7.60 Å². The van der Waals surface area contributed by atoms with Crippen molar-refractivity contribution in [3.8, 4) is 5.75 Å². The molecule has 1 aromatic carbocycles. The minimum atomic E-state index is -3.49. The Kier molecular flexibility index (Phi) is 6.21. The third-order valence-corrected chi connectivity index (χ3v) is 5.78. The Morgan fingerprint density at radius 3 is 2.58 bits per heavy atom. The van der Waals surface area contributed by atoms with E-state index < -0.39 is 19.5 Å². The van der Waals surface area contributed by atoms with Gasteiger partial charge in [0.2, 0.25) is 0 Å². The summed E-state index contributed by atoms with van der Waals surface area (Å²) in [5, 5.41) is 0.138. The summed E-state index contributed by atoms with van der Waals surface area (Å²) in [6, 6.07) is 5.66. The highest BCUT2D eigenvalue weighted by Crippen LogP contribution is 2.61. The van der Waals surface area contributed by atoms with Crippen molar-refractivity contribution in [1.82, 2.24) is 0 Å². The zero-order chi connectivity index (χ0) is 17.7. The quantitative estimate of drug-likeness (QED) is 0.551. The first-order chi connectivity index (χ1) is 11.4. The van der Waals surface area contributed by atoms with Gasteiger partial charge < -0.3 is 18.5 Å². The number of carbonyl (C=O) groups excluding carboxylic acids is 1. The van der Waals surface area contributed by atoms with Crippen LogP contribution in [-0.4, -0.2) is 32.9 Å². The first-order valence-corrected chi connectivity index (χ1v) is 9.33. The highest BCUT2D eigenvalue weighted by Gasteiger charge is 2.41. The topological polar surface area (TPSA) is 71.1 Å². The number of hydrogen-bond acceptors (Lipinski definition) is 6. The zero-order valence-electron chi connectivity index (χ0n) is 14.2. The molecule has 0 N–H and O–H groups in total. The smallest absolute Gasteiger partial charge is 0.357 e. The maximum absolute atomic E-state index is 12.7. The first-order valence-electron chi connectivity index (χ1n) is 7.79. The third kappa shape index (κ3) is 4.26. The molecule has 1 aliphatic rings. The molecule has 0 amide bonds. The number of ether oxygens (including phenoxy) is 2. The van der Waals surface area contributed by atoms with Gasteiger partial charge in [-0.05, 0) is 43.5 Å². The van der Waals surface area contributed by atoms with Crippen molar-refractivity contribution < 1.29 is 27.9 Å². The summed E-state index contributed by atoms with van der Waals surface area (Å²) >= 11 is 0. The van der Waals surface area contributed by atoms with E-state index in [2.05, 4.69) is 6.58 Å². The minimum Gasteiger partial charge on any atom is -0.497 e. The Morgan fingerprint density at radius 1 is 1.33 bits per heavy atom. The van der Waals surface area contributed by atoms with Crippen LogP contribution in [0.1, 0.15) is 18.1 Å². The molecular weight excluding hydrogens is 331 g/mol. The molecule has 0 aromatic heterocycles. The summed E-state index contributed by atoms with van der Waals surface area (Å²) in [6.45, 7) is 8.16. The monoisotopic (exact) mass is 354 g/mol. The molecule has 1 atom stereocenters. The standard InChI is InChI=1S/C17H23O6P/c1-5-21-17(18)16(13(3)24(19)22-6-7-23-24)11-14-8-12(2)9-15(10-14)20-4/h8-10,16H,3,5-7,11H2,1-2,4H3. The minimum absolute atomic E-state index is 0.138. The van der Waals surface area contributed by atoms with E-state index in [0.717, 1.165) is 11.1 Å². The van der Waals surface area contributed by atoms with Crippen molar-refractivity contribution in [2.75, 3.05) is 26.9 Å². The van der Waals surface area contributed by atoms with Gasteiger partial charge in [-0.25, -0.2) is 0 Å². The zero-order valence-corrected chi connectivity index (χ0v) is 15.1. The number of esters is 1. The van der Waals surface area contributed by atoms with Crippen LogP contribution in [0.3, 0.4) is 0 Å². The fraction of sp³-hybridized carbons (Fsp3) is 0.471. The molecule has 1 saturated heterocycles. The average molecular weight is 354 g/mol. The summed E-state index contributed by atoms with van der Waals surface area (Å²) in [5.41, 5.74) is 1.86. The molecule has 24 heavy (non-hydrogen) atoms. The van der Waals surface area contributed by atoms with Gasteiger partial charge in [0.05, 0.1) is 32.8 Å². The van der Waals surface area contributed by atoms with Crippen LogP contribution in [0.15, 0.2) is 30.1 Å². The molecule has 1 heterocycles. The van der Waals surface area contributed by atoms with Gasteiger partial charge >= 0.3 is 13.6 Å². The van der Waals surface area contributed by atoms with Gasteiger partial charge in [0, 0.05) is 5.31 Å². The molecule has 7 heteroatoms. The number of methoxy groups -OCH3 is 1. The van der Waals surface area contributed by atoms with Crippen molar-refractivity contribution in [1.29, 1.82) is 0 Å². The SMILES string of the molecule is C=C(C(Cc1cc(C)cc(OC)c1)C(=O)OCC)P1(=O)OCCO1. The highest BCUT2D eigenvalue weighted by molar-refractivity contribution is 7.58. The van der Waals surface area contributed by atoms with Crippen molar-refractivity contribution >= 4 is 13.6 Å². The van der Waals surface area contributed by atoms with Gasteiger partial charge in [-0.15, -0.1) is 0 Å². The van der Waals surface area contributed by atoms with E-state index >= 15 is 0 Å². The van der Waals surface area contributed by atoms with E-state index in [4.69, 9.17) is 18.5 Å². The lowest BCUT2D eigenvalue weighted by molar-refractivity contribution is -0.146. The van der Waals surface area contributed by atoms with Crippen LogP contribution in [0.5, 0.6) is 5.75 Å². The van der Waals surface area contributed by atoms with Crippen LogP contribution in [0.4, 0.5) is 0 Å². The fourth-order valence-electron chi connectivity index (χ4n) is 2.58. The first kappa shape index (κ1) is 18.7. The van der Waals surface area contributed by atoms with E-state index in [1.807, 2.05) is 25.1 Å². The maximum atomic E-state index is 12.7. The Hall–Kier alpha value is -1.62. The summed E-state index contributed by atoms with van der Waals surface area (Å²) in [6.07, 6.45) is 0.284. The molecular formula is C17H23O6P. The molecule has 132 valence electrons. The van der Waals surface area contributed by atoms with Crippen molar-refractivity contribution in [2.24, 2.45) is 5.92 Å². The molecule has 1 aromatic rings. The van der Waals surface area contributed by atoms with Crippen molar-refractivity contribution in [2.45, 2.75) is 20.3 Å². The molecule has 0 aliphatic carbocycles. The average Bonchev–Trinajstić information content (AvgIpc) is 2.99.